The Balaban J connectivity index is 1.91. The number of benzene rings is 1. The van der Waals surface area contributed by atoms with Crippen LogP contribution in [0, 0.1) is 5.92 Å². The van der Waals surface area contributed by atoms with Crippen LogP contribution >= 0.6 is 0 Å². The summed E-state index contributed by atoms with van der Waals surface area (Å²) in [5.41, 5.74) is 2.52. The third-order valence-corrected chi connectivity index (χ3v) is 6.02. The highest BCUT2D eigenvalue weighted by Gasteiger charge is 2.29. The molecule has 0 saturated carbocycles. The Morgan fingerprint density at radius 3 is 2.40 bits per heavy atom. The maximum Gasteiger partial charge on any atom is 0.305 e. The number of hydrogen-bond acceptors (Lipinski definition) is 6. The lowest BCUT2D eigenvalue weighted by Gasteiger charge is -2.25. The Labute approximate surface area is 206 Å². The van der Waals surface area contributed by atoms with Crippen molar-refractivity contribution in [3.8, 4) is 0 Å². The molecule has 2 atom stereocenters. The molecule has 0 fully saturated rings. The molecule has 2 rings (SSSR count). The van der Waals surface area contributed by atoms with Crippen LogP contribution in [-0.4, -0.2) is 55.7 Å². The number of aldehydes is 1. The molecule has 3 amide bonds. The van der Waals surface area contributed by atoms with Crippen LogP contribution in [0.1, 0.15) is 50.2 Å². The Bertz CT molecular complexity index is 874. The van der Waals surface area contributed by atoms with Crippen molar-refractivity contribution >= 4 is 30.5 Å². The number of hydrogen-bond donors (Lipinski definition) is 3. The molecule has 35 heavy (non-hydrogen) atoms. The van der Waals surface area contributed by atoms with Crippen LogP contribution in [0.5, 0.6) is 0 Å². The molecule has 9 heteroatoms. The fourth-order valence-corrected chi connectivity index (χ4v) is 4.26. The predicted octanol–water partition coefficient (Wildman–Crippen LogP) is 1.39. The molecule has 0 heterocycles. The average Bonchev–Trinajstić information content (AvgIpc) is 3.07. The normalized spacial score (nSPS) is 15.2. The maximum atomic E-state index is 12.9. The van der Waals surface area contributed by atoms with Crippen molar-refractivity contribution < 1.29 is 28.7 Å². The van der Waals surface area contributed by atoms with Gasteiger partial charge in [0.05, 0.1) is 13.2 Å². The molecular formula is C26H35N3O6. The molecule has 0 radical (unpaired) electrons. The zero-order valence-electron chi connectivity index (χ0n) is 20.2. The van der Waals surface area contributed by atoms with E-state index >= 15 is 0 Å². The number of carbonyl (C=O) groups is 5. The molecule has 1 aromatic rings. The number of rotatable bonds is 14. The van der Waals surface area contributed by atoms with Crippen molar-refractivity contribution in [2.75, 3.05) is 13.2 Å². The lowest BCUT2D eigenvalue weighted by atomic mass is 9.90. The van der Waals surface area contributed by atoms with Crippen LogP contribution in [0.2, 0.25) is 0 Å². The van der Waals surface area contributed by atoms with Crippen molar-refractivity contribution in [1.29, 1.82) is 0 Å². The molecule has 1 aliphatic carbocycles. The van der Waals surface area contributed by atoms with Gasteiger partial charge in [0, 0.05) is 18.9 Å². The largest absolute Gasteiger partial charge is 0.466 e. The molecule has 0 aliphatic heterocycles. The monoisotopic (exact) mass is 485 g/mol. The Morgan fingerprint density at radius 2 is 1.80 bits per heavy atom. The van der Waals surface area contributed by atoms with Gasteiger partial charge in [-0.05, 0) is 56.1 Å². The average molecular weight is 486 g/mol. The molecule has 0 aromatic heterocycles. The van der Waals surface area contributed by atoms with Gasteiger partial charge in [-0.3, -0.25) is 19.2 Å². The van der Waals surface area contributed by atoms with Crippen LogP contribution in [0.25, 0.3) is 0 Å². The van der Waals surface area contributed by atoms with Crippen molar-refractivity contribution in [1.82, 2.24) is 16.0 Å². The third kappa shape index (κ3) is 9.72. The highest BCUT2D eigenvalue weighted by molar-refractivity contribution is 5.88. The minimum atomic E-state index is -0.735. The minimum absolute atomic E-state index is 0.0562. The van der Waals surface area contributed by atoms with Crippen LogP contribution < -0.4 is 16.0 Å². The molecule has 3 N–H and O–H groups in total. The number of fused-ring (bicyclic) bond motifs is 1. The second-order valence-electron chi connectivity index (χ2n) is 8.43. The van der Waals surface area contributed by atoms with Crippen LogP contribution in [0.15, 0.2) is 36.4 Å². The summed E-state index contributed by atoms with van der Waals surface area (Å²) < 4.78 is 4.91. The van der Waals surface area contributed by atoms with E-state index in [9.17, 15) is 24.0 Å². The molecular weight excluding hydrogens is 450 g/mol. The summed E-state index contributed by atoms with van der Waals surface area (Å²) in [6, 6.07) is 6.95. The standard InChI is InChI=1S/C26H35N3O6/c1-2-35-24(33)15-14-22(9-5-6-16-30)29-23(32)17-27-26(34)25(28-18-31)21-12-10-19-7-3-4-8-20(19)11-13-21/h3-5,7-9,16,18,21-22,25H,2,6,10-15,17H2,1H3,(H,27,34)(H,28,31)(H,29,32)/b9-5+/t22-,25+/m1/s1. The second-order valence-corrected chi connectivity index (χ2v) is 8.43. The number of carbonyl (C=O) groups excluding carboxylic acids is 5. The van der Waals surface area contributed by atoms with E-state index in [1.165, 1.54) is 11.1 Å². The summed E-state index contributed by atoms with van der Waals surface area (Å²) in [6.45, 7) is 1.71. The van der Waals surface area contributed by atoms with Gasteiger partial charge in [0.25, 0.3) is 0 Å². The second kappa shape index (κ2) is 15.4. The molecule has 1 aromatic carbocycles. The Hall–Kier alpha value is -3.49. The quantitative estimate of drug-likeness (QED) is 0.158. The number of esters is 1. The van der Waals surface area contributed by atoms with Gasteiger partial charge in [0.15, 0.2) is 0 Å². The van der Waals surface area contributed by atoms with Gasteiger partial charge < -0.3 is 25.5 Å². The smallest absolute Gasteiger partial charge is 0.305 e. The molecule has 190 valence electrons. The van der Waals surface area contributed by atoms with E-state index in [0.29, 0.717) is 12.8 Å². The van der Waals surface area contributed by atoms with Crippen molar-refractivity contribution in [3.63, 3.8) is 0 Å². The molecule has 1 aliphatic rings. The topological polar surface area (TPSA) is 131 Å². The van der Waals surface area contributed by atoms with Gasteiger partial charge in [-0.15, -0.1) is 0 Å². The summed E-state index contributed by atoms with van der Waals surface area (Å²) in [7, 11) is 0. The Kier molecular flexibility index (Phi) is 12.2. The lowest BCUT2D eigenvalue weighted by Crippen LogP contribution is -2.51. The van der Waals surface area contributed by atoms with Crippen LogP contribution in [0.3, 0.4) is 0 Å². The number of nitrogens with one attached hydrogen (secondary N) is 3. The van der Waals surface area contributed by atoms with Crippen molar-refractivity contribution in [2.24, 2.45) is 5.92 Å². The van der Waals surface area contributed by atoms with Crippen LogP contribution in [-0.2, 0) is 41.6 Å². The molecule has 9 nitrogen and oxygen atoms in total. The highest BCUT2D eigenvalue weighted by atomic mass is 16.5. The van der Waals surface area contributed by atoms with E-state index < -0.39 is 23.9 Å². The third-order valence-electron chi connectivity index (χ3n) is 6.02. The number of ether oxygens (including phenoxy) is 1. The fraction of sp³-hybridized carbons (Fsp3) is 0.500. The summed E-state index contributed by atoms with van der Waals surface area (Å²) in [4.78, 5) is 58.8. The van der Waals surface area contributed by atoms with Crippen LogP contribution in [0.4, 0.5) is 0 Å². The molecule has 0 unspecified atom stereocenters. The first-order valence-electron chi connectivity index (χ1n) is 12.1. The lowest BCUT2D eigenvalue weighted by molar-refractivity contribution is -0.143. The highest BCUT2D eigenvalue weighted by Crippen LogP contribution is 2.26. The van der Waals surface area contributed by atoms with Crippen molar-refractivity contribution in [2.45, 2.75) is 64.0 Å². The van der Waals surface area contributed by atoms with Gasteiger partial charge in [-0.2, -0.15) is 0 Å². The first-order valence-corrected chi connectivity index (χ1v) is 12.1. The maximum absolute atomic E-state index is 12.9. The van der Waals surface area contributed by atoms with Gasteiger partial charge in [-0.25, -0.2) is 0 Å². The zero-order valence-corrected chi connectivity index (χ0v) is 20.2. The van der Waals surface area contributed by atoms with Gasteiger partial charge in [-0.1, -0.05) is 36.4 Å². The summed E-state index contributed by atoms with van der Waals surface area (Å²) in [5.74, 6) is -1.29. The summed E-state index contributed by atoms with van der Waals surface area (Å²) >= 11 is 0. The first-order chi connectivity index (χ1) is 17.0. The van der Waals surface area contributed by atoms with E-state index in [1.807, 2.05) is 12.1 Å². The first kappa shape index (κ1) is 27.8. The summed E-state index contributed by atoms with van der Waals surface area (Å²) in [6.07, 6.45) is 8.23. The number of aryl methyl sites for hydroxylation is 2. The minimum Gasteiger partial charge on any atom is -0.466 e. The van der Waals surface area contributed by atoms with E-state index in [4.69, 9.17) is 4.74 Å². The molecule has 0 bridgehead atoms. The molecule has 0 spiro atoms. The van der Waals surface area contributed by atoms with Gasteiger partial charge in [0.1, 0.15) is 12.3 Å². The van der Waals surface area contributed by atoms with Gasteiger partial charge in [0.2, 0.25) is 18.2 Å². The molecule has 0 saturated heterocycles. The zero-order chi connectivity index (χ0) is 25.5. The van der Waals surface area contributed by atoms with E-state index in [1.54, 1.807) is 19.1 Å². The number of allylic oxidation sites excluding steroid dienone is 1. The fourth-order valence-electron chi connectivity index (χ4n) is 4.26. The van der Waals surface area contributed by atoms with Gasteiger partial charge >= 0.3 is 5.97 Å². The van der Waals surface area contributed by atoms with E-state index in [2.05, 4.69) is 28.1 Å². The predicted molar refractivity (Wildman–Crippen MR) is 130 cm³/mol. The Morgan fingerprint density at radius 1 is 1.11 bits per heavy atom. The number of amides is 3. The van der Waals surface area contributed by atoms with Crippen molar-refractivity contribution in [3.05, 3.63) is 47.5 Å². The van der Waals surface area contributed by atoms with E-state index in [-0.39, 0.29) is 37.9 Å². The van der Waals surface area contributed by atoms with E-state index in [0.717, 1.165) is 32.0 Å². The SMILES string of the molecule is CCOC(=O)CC[C@@H](/C=C/CC=O)NC(=O)CNC(=O)[C@@H](NC=O)C1CCc2ccccc2CC1. The summed E-state index contributed by atoms with van der Waals surface area (Å²) in [5, 5.41) is 8.00.